The number of pyridine rings is 2. The van der Waals surface area contributed by atoms with Gasteiger partial charge in [-0.25, -0.2) is 9.97 Å². The number of imidazole rings is 1. The third kappa shape index (κ3) is 3.70. The Balaban J connectivity index is 1.35. The quantitative estimate of drug-likeness (QED) is 0.411. The highest BCUT2D eigenvalue weighted by atomic mass is 35.5. The lowest BCUT2D eigenvalue weighted by Crippen LogP contribution is -2.45. The fourth-order valence-corrected chi connectivity index (χ4v) is 6.60. The Labute approximate surface area is 221 Å². The van der Waals surface area contributed by atoms with Crippen molar-refractivity contribution in [1.82, 2.24) is 24.3 Å². The molecule has 0 radical (unpaired) electrons. The van der Waals surface area contributed by atoms with Gasteiger partial charge < -0.3 is 10.6 Å². The minimum atomic E-state index is -2.50. The lowest BCUT2D eigenvalue weighted by Gasteiger charge is -2.42. The van der Waals surface area contributed by atoms with Gasteiger partial charge in [-0.3, -0.25) is 14.4 Å². The molecule has 1 atom stereocenters. The molecule has 5 heterocycles. The van der Waals surface area contributed by atoms with Gasteiger partial charge in [-0.1, -0.05) is 36.3 Å². The van der Waals surface area contributed by atoms with Gasteiger partial charge in [0.15, 0.2) is 5.65 Å². The van der Waals surface area contributed by atoms with Gasteiger partial charge in [-0.05, 0) is 55.6 Å². The van der Waals surface area contributed by atoms with Crippen LogP contribution in [0.3, 0.4) is 0 Å². The summed E-state index contributed by atoms with van der Waals surface area (Å²) in [5.74, 6) is 0.535. The Morgan fingerprint density at radius 3 is 2.89 bits per heavy atom. The van der Waals surface area contributed by atoms with Gasteiger partial charge in [0, 0.05) is 61.4 Å². The van der Waals surface area contributed by atoms with Gasteiger partial charge in [0.2, 0.25) is 5.95 Å². The molecule has 4 aromatic heterocycles. The Morgan fingerprint density at radius 1 is 1.20 bits per heavy atom. The van der Waals surface area contributed by atoms with Crippen LogP contribution >= 0.6 is 23.4 Å². The summed E-state index contributed by atoms with van der Waals surface area (Å²) in [5.41, 5.74) is 9.71. The van der Waals surface area contributed by atoms with E-state index in [4.69, 9.17) is 29.2 Å². The topological polar surface area (TPSA) is 85.2 Å². The minimum Gasteiger partial charge on any atom is -0.342 e. The van der Waals surface area contributed by atoms with Crippen LogP contribution in [-0.4, -0.2) is 37.4 Å². The van der Waals surface area contributed by atoms with Crippen molar-refractivity contribution < 1.29 is 6.85 Å². The summed E-state index contributed by atoms with van der Waals surface area (Å²) >= 11 is 7.76. The molecule has 35 heavy (non-hydrogen) atoms. The molecule has 0 aromatic carbocycles. The molecular weight excluding hydrogens is 478 g/mol. The molecule has 7 nitrogen and oxygen atoms in total. The summed E-state index contributed by atoms with van der Waals surface area (Å²) in [5, 5.41) is 0.298. The second-order valence-corrected chi connectivity index (χ2v) is 10.6. The van der Waals surface area contributed by atoms with Gasteiger partial charge in [0.05, 0.1) is 21.3 Å². The zero-order valence-electron chi connectivity index (χ0n) is 24.0. The Hall–Kier alpha value is -2.68. The van der Waals surface area contributed by atoms with Gasteiger partial charge in [0.1, 0.15) is 0 Å². The normalized spacial score (nSPS) is 21.5. The first-order valence-electron chi connectivity index (χ1n) is 14.2. The highest BCUT2D eigenvalue weighted by Crippen LogP contribution is 2.50. The van der Waals surface area contributed by atoms with E-state index >= 15 is 0 Å². The third-order valence-corrected chi connectivity index (χ3v) is 8.97. The average molecular weight is 511 g/mol. The molecule has 0 bridgehead atoms. The molecule has 6 rings (SSSR count). The van der Waals surface area contributed by atoms with Crippen molar-refractivity contribution >= 4 is 35.0 Å². The first-order valence-corrected chi connectivity index (χ1v) is 12.7. The smallest absolute Gasteiger partial charge is 0.211 e. The van der Waals surface area contributed by atoms with Gasteiger partial charge in [-0.15, -0.1) is 0 Å². The Bertz CT molecular complexity index is 1570. The van der Waals surface area contributed by atoms with Crippen LogP contribution in [0, 0.1) is 12.3 Å². The van der Waals surface area contributed by atoms with E-state index in [-0.39, 0.29) is 23.6 Å². The number of piperidine rings is 1. The number of aromatic nitrogens is 5. The largest absolute Gasteiger partial charge is 0.342 e. The molecule has 2 N–H and O–H groups in total. The molecule has 2 aliphatic rings. The van der Waals surface area contributed by atoms with E-state index in [1.165, 1.54) is 0 Å². The first kappa shape index (κ1) is 17.7. The van der Waals surface area contributed by atoms with E-state index in [0.29, 0.717) is 45.2 Å². The van der Waals surface area contributed by atoms with Crippen LogP contribution in [0.4, 0.5) is 5.95 Å². The predicted molar refractivity (Wildman–Crippen MR) is 139 cm³/mol. The van der Waals surface area contributed by atoms with Crippen molar-refractivity contribution in [3.8, 4) is 0 Å². The second-order valence-electron chi connectivity index (χ2n) is 9.13. The highest BCUT2D eigenvalue weighted by Gasteiger charge is 2.46. The van der Waals surface area contributed by atoms with Gasteiger partial charge in [-0.2, -0.15) is 0 Å². The van der Waals surface area contributed by atoms with Crippen LogP contribution in [0.2, 0.25) is 5.02 Å². The number of fused-ring (bicyclic) bond motifs is 2. The van der Waals surface area contributed by atoms with E-state index in [2.05, 4.69) is 25.9 Å². The zero-order chi connectivity index (χ0) is 28.2. The summed E-state index contributed by atoms with van der Waals surface area (Å²) in [7, 11) is 0. The predicted octanol–water partition coefficient (Wildman–Crippen LogP) is 5.04. The van der Waals surface area contributed by atoms with Crippen molar-refractivity contribution in [2.24, 2.45) is 11.1 Å². The number of hydrogen-bond donors (Lipinski definition) is 1. The molecule has 1 fully saturated rings. The lowest BCUT2D eigenvalue weighted by molar-refractivity contribution is 0.186. The molecule has 1 saturated heterocycles. The van der Waals surface area contributed by atoms with Crippen LogP contribution < -0.4 is 10.6 Å². The minimum absolute atomic E-state index is 0.0473. The molecule has 0 unspecified atom stereocenters. The number of nitrogens with zero attached hydrogens (tertiary/aromatic N) is 6. The molecule has 0 amide bonds. The number of anilines is 1. The summed E-state index contributed by atoms with van der Waals surface area (Å²) in [6.45, 7) is -2.26. The molecule has 0 saturated carbocycles. The van der Waals surface area contributed by atoms with Gasteiger partial charge in [0.25, 0.3) is 0 Å². The van der Waals surface area contributed by atoms with Crippen LogP contribution in [0.15, 0.2) is 52.8 Å². The number of nitrogens with two attached hydrogens (primary N) is 1. The molecular formula is C26H28ClN7S. The number of hydrogen-bond acceptors (Lipinski definition) is 7. The van der Waals surface area contributed by atoms with E-state index in [0.717, 1.165) is 42.3 Å². The van der Waals surface area contributed by atoms with E-state index in [1.54, 1.807) is 24.7 Å². The SMILES string of the molecule is [2H]C([2H])Cc1nccc(Sc2c(C([2H])([2H])[2H])nc(N3CCC4(CC3)Cc3ncccc3[C@H]4N)n3ccnc23)c1Cl. The lowest BCUT2D eigenvalue weighted by atomic mass is 9.73. The molecule has 9 heteroatoms. The van der Waals surface area contributed by atoms with Crippen LogP contribution in [-0.2, 0) is 12.8 Å². The van der Waals surface area contributed by atoms with Crippen LogP contribution in [0.1, 0.15) is 55.3 Å². The van der Waals surface area contributed by atoms with Crippen molar-refractivity contribution in [1.29, 1.82) is 0 Å². The van der Waals surface area contributed by atoms with Crippen LogP contribution in [0.25, 0.3) is 5.65 Å². The molecule has 1 spiro atoms. The second kappa shape index (κ2) is 8.76. The van der Waals surface area contributed by atoms with Crippen molar-refractivity contribution in [2.75, 3.05) is 18.0 Å². The summed E-state index contributed by atoms with van der Waals surface area (Å²) in [4.78, 5) is 21.1. The molecule has 4 aromatic rings. The van der Waals surface area contributed by atoms with E-state index in [9.17, 15) is 0 Å². The van der Waals surface area contributed by atoms with E-state index < -0.39 is 13.7 Å². The summed E-state index contributed by atoms with van der Waals surface area (Å²) in [6.07, 6.45) is 9.39. The summed E-state index contributed by atoms with van der Waals surface area (Å²) in [6, 6.07) is 5.62. The number of halogens is 1. The Kier molecular flexibility index (Phi) is 4.43. The van der Waals surface area contributed by atoms with Crippen LogP contribution in [0.5, 0.6) is 0 Å². The Morgan fingerprint density at radius 2 is 2.09 bits per heavy atom. The third-order valence-electron chi connectivity index (χ3n) is 7.30. The van der Waals surface area contributed by atoms with Crippen molar-refractivity contribution in [2.45, 2.75) is 55.2 Å². The maximum Gasteiger partial charge on any atom is 0.211 e. The highest BCUT2D eigenvalue weighted by molar-refractivity contribution is 7.99. The maximum absolute atomic E-state index is 8.32. The standard InChI is InChI=1S/C26H28ClN7S/c1-3-18-21(27)20(6-10-30-18)35-22-16(2)32-25(34-14-11-31-24(22)34)33-12-7-26(8-13-33)15-19-17(23(26)28)5-4-9-29-19/h4-6,9-11,14,23H,3,7-8,12-13,15,28H2,1-2H3/t23-/m1/s1/i1D2,2D3. The first-order chi connectivity index (χ1) is 19.1. The van der Waals surface area contributed by atoms with Gasteiger partial charge >= 0.3 is 0 Å². The number of rotatable bonds is 4. The maximum atomic E-state index is 8.32. The van der Waals surface area contributed by atoms with Crippen molar-refractivity contribution in [3.05, 3.63) is 70.7 Å². The fraction of sp³-hybridized carbons (Fsp3) is 0.385. The molecule has 1 aliphatic heterocycles. The number of aryl methyl sites for hydroxylation is 2. The average Bonchev–Trinajstić information content (AvgIpc) is 3.50. The van der Waals surface area contributed by atoms with Crippen molar-refractivity contribution in [3.63, 3.8) is 0 Å². The molecule has 1 aliphatic carbocycles. The fourth-order valence-electron chi connectivity index (χ4n) is 5.35. The summed E-state index contributed by atoms with van der Waals surface area (Å²) < 4.78 is 41.9. The molecule has 180 valence electrons. The monoisotopic (exact) mass is 510 g/mol. The van der Waals surface area contributed by atoms with E-state index in [1.807, 2.05) is 16.7 Å². The zero-order valence-corrected chi connectivity index (χ0v) is 20.6.